The molecule has 0 bridgehead atoms. The monoisotopic (exact) mass is 317 g/mol. The molecule has 0 fully saturated rings. The molecule has 1 aromatic heterocycles. The summed E-state index contributed by atoms with van der Waals surface area (Å²) in [6, 6.07) is 8.10. The molecule has 0 aliphatic carbocycles. The fraction of sp³-hybridized carbons (Fsp3) is 0.412. The first-order chi connectivity index (χ1) is 11.1. The minimum absolute atomic E-state index is 0.00417. The van der Waals surface area contributed by atoms with E-state index in [2.05, 4.69) is 16.4 Å². The molecule has 1 aromatic carbocycles. The number of aromatic nitrogens is 1. The molecule has 0 saturated carbocycles. The first-order valence-corrected chi connectivity index (χ1v) is 7.83. The number of hydrogen-bond donors (Lipinski definition) is 2. The number of nitrogens with one attached hydrogen (secondary N) is 2. The SMILES string of the molecule is CCOC(=O)NCCN(CCc1c[nH]c2ccccc12)C(C)=O. The van der Waals surface area contributed by atoms with Crippen molar-refractivity contribution in [1.82, 2.24) is 15.2 Å². The third-order valence-corrected chi connectivity index (χ3v) is 3.70. The van der Waals surface area contributed by atoms with Crippen molar-refractivity contribution in [2.75, 3.05) is 26.2 Å². The van der Waals surface area contributed by atoms with Gasteiger partial charge in [-0.25, -0.2) is 4.79 Å². The smallest absolute Gasteiger partial charge is 0.407 e. The molecule has 2 amide bonds. The number of alkyl carbamates (subject to hydrolysis) is 1. The average Bonchev–Trinajstić information content (AvgIpc) is 2.94. The maximum Gasteiger partial charge on any atom is 0.407 e. The molecule has 0 unspecified atom stereocenters. The summed E-state index contributed by atoms with van der Waals surface area (Å²) in [6.07, 6.45) is 2.30. The van der Waals surface area contributed by atoms with E-state index in [4.69, 9.17) is 4.74 Å². The lowest BCUT2D eigenvalue weighted by Gasteiger charge is -2.21. The van der Waals surface area contributed by atoms with E-state index in [9.17, 15) is 9.59 Å². The molecule has 0 atom stereocenters. The summed E-state index contributed by atoms with van der Waals surface area (Å²) in [5.41, 5.74) is 2.28. The molecule has 2 N–H and O–H groups in total. The van der Waals surface area contributed by atoms with E-state index in [1.54, 1.807) is 18.7 Å². The first kappa shape index (κ1) is 16.9. The molecular formula is C17H23N3O3. The Bertz CT molecular complexity index is 666. The van der Waals surface area contributed by atoms with E-state index in [1.165, 1.54) is 10.9 Å². The molecule has 6 heteroatoms. The summed E-state index contributed by atoms with van der Waals surface area (Å²) >= 11 is 0. The number of H-pyrrole nitrogens is 1. The standard InChI is InChI=1S/C17H23N3O3/c1-3-23-17(22)18-9-11-20(13(2)21)10-8-14-12-19-16-7-5-4-6-15(14)16/h4-7,12,19H,3,8-11H2,1-2H3,(H,18,22). The topological polar surface area (TPSA) is 74.4 Å². The van der Waals surface area contributed by atoms with Crippen molar-refractivity contribution in [2.45, 2.75) is 20.3 Å². The van der Waals surface area contributed by atoms with Gasteiger partial charge in [-0.3, -0.25) is 4.79 Å². The van der Waals surface area contributed by atoms with Crippen LogP contribution in [0.4, 0.5) is 4.79 Å². The number of benzene rings is 1. The Balaban J connectivity index is 1.87. The second-order valence-electron chi connectivity index (χ2n) is 5.26. The van der Waals surface area contributed by atoms with Gasteiger partial charge >= 0.3 is 6.09 Å². The van der Waals surface area contributed by atoms with Gasteiger partial charge in [-0.05, 0) is 25.0 Å². The Morgan fingerprint density at radius 1 is 1.26 bits per heavy atom. The Morgan fingerprint density at radius 2 is 2.04 bits per heavy atom. The van der Waals surface area contributed by atoms with Gasteiger partial charge in [0.25, 0.3) is 0 Å². The maximum atomic E-state index is 11.7. The van der Waals surface area contributed by atoms with E-state index >= 15 is 0 Å². The van der Waals surface area contributed by atoms with Crippen LogP contribution in [0, 0.1) is 0 Å². The van der Waals surface area contributed by atoms with Crippen molar-refractivity contribution < 1.29 is 14.3 Å². The number of fused-ring (bicyclic) bond motifs is 1. The van der Waals surface area contributed by atoms with Gasteiger partial charge in [-0.2, -0.15) is 0 Å². The Labute approximate surface area is 135 Å². The number of amides is 2. The number of ether oxygens (including phenoxy) is 1. The first-order valence-electron chi connectivity index (χ1n) is 7.83. The van der Waals surface area contributed by atoms with Gasteiger partial charge in [0.1, 0.15) is 0 Å². The quantitative estimate of drug-likeness (QED) is 0.823. The van der Waals surface area contributed by atoms with E-state index < -0.39 is 6.09 Å². The molecule has 1 heterocycles. The fourth-order valence-electron chi connectivity index (χ4n) is 2.50. The number of para-hydroxylation sites is 1. The summed E-state index contributed by atoms with van der Waals surface area (Å²) < 4.78 is 4.79. The number of rotatable bonds is 7. The number of hydrogen-bond acceptors (Lipinski definition) is 3. The van der Waals surface area contributed by atoms with Crippen molar-refractivity contribution in [3.8, 4) is 0 Å². The summed E-state index contributed by atoms with van der Waals surface area (Å²) in [4.78, 5) is 28.0. The van der Waals surface area contributed by atoms with Gasteiger partial charge in [0.2, 0.25) is 5.91 Å². The molecule has 23 heavy (non-hydrogen) atoms. The summed E-state index contributed by atoms with van der Waals surface area (Å²) in [7, 11) is 0. The lowest BCUT2D eigenvalue weighted by atomic mass is 10.1. The van der Waals surface area contributed by atoms with Crippen LogP contribution in [0.25, 0.3) is 10.9 Å². The zero-order valence-electron chi connectivity index (χ0n) is 13.6. The van der Waals surface area contributed by atoms with Crippen molar-refractivity contribution >= 4 is 22.9 Å². The Hall–Kier alpha value is -2.50. The van der Waals surface area contributed by atoms with Gasteiger partial charge in [0.05, 0.1) is 6.61 Å². The van der Waals surface area contributed by atoms with Crippen molar-refractivity contribution in [3.05, 3.63) is 36.0 Å². The highest BCUT2D eigenvalue weighted by Gasteiger charge is 2.11. The van der Waals surface area contributed by atoms with E-state index in [-0.39, 0.29) is 5.91 Å². The number of carbonyl (C=O) groups is 2. The van der Waals surface area contributed by atoms with Crippen LogP contribution in [0.2, 0.25) is 0 Å². The molecule has 124 valence electrons. The Kier molecular flexibility index (Phi) is 6.02. The van der Waals surface area contributed by atoms with Gasteiger partial charge < -0.3 is 19.9 Å². The van der Waals surface area contributed by atoms with Crippen LogP contribution in [-0.4, -0.2) is 48.1 Å². The van der Waals surface area contributed by atoms with Crippen molar-refractivity contribution in [3.63, 3.8) is 0 Å². The van der Waals surface area contributed by atoms with Gasteiger partial charge in [-0.1, -0.05) is 18.2 Å². The number of carbonyl (C=O) groups excluding carboxylic acids is 2. The van der Waals surface area contributed by atoms with Gasteiger partial charge in [-0.15, -0.1) is 0 Å². The lowest BCUT2D eigenvalue weighted by molar-refractivity contribution is -0.128. The van der Waals surface area contributed by atoms with Crippen molar-refractivity contribution in [1.29, 1.82) is 0 Å². The molecular weight excluding hydrogens is 294 g/mol. The normalized spacial score (nSPS) is 10.5. The highest BCUT2D eigenvalue weighted by molar-refractivity contribution is 5.83. The minimum Gasteiger partial charge on any atom is -0.450 e. The Morgan fingerprint density at radius 3 is 2.78 bits per heavy atom. The molecule has 0 radical (unpaired) electrons. The highest BCUT2D eigenvalue weighted by atomic mass is 16.5. The summed E-state index contributed by atoms with van der Waals surface area (Å²) in [6.45, 7) is 5.09. The van der Waals surface area contributed by atoms with Gasteiger partial charge in [0.15, 0.2) is 0 Å². The maximum absolute atomic E-state index is 11.7. The van der Waals surface area contributed by atoms with Crippen LogP contribution in [0.3, 0.4) is 0 Å². The zero-order valence-corrected chi connectivity index (χ0v) is 13.6. The largest absolute Gasteiger partial charge is 0.450 e. The lowest BCUT2D eigenvalue weighted by Crippen LogP contribution is -2.38. The van der Waals surface area contributed by atoms with E-state index in [1.807, 2.05) is 24.4 Å². The highest BCUT2D eigenvalue weighted by Crippen LogP contribution is 2.18. The van der Waals surface area contributed by atoms with Crippen LogP contribution in [0.1, 0.15) is 19.4 Å². The molecule has 2 aromatic rings. The zero-order chi connectivity index (χ0) is 16.7. The molecule has 0 saturated heterocycles. The number of nitrogens with zero attached hydrogens (tertiary/aromatic N) is 1. The molecule has 6 nitrogen and oxygen atoms in total. The average molecular weight is 317 g/mol. The summed E-state index contributed by atoms with van der Waals surface area (Å²) in [5.74, 6) is -0.00417. The molecule has 0 aliphatic rings. The molecule has 0 spiro atoms. The van der Waals surface area contributed by atoms with Crippen molar-refractivity contribution in [2.24, 2.45) is 0 Å². The number of aromatic amines is 1. The predicted molar refractivity (Wildman–Crippen MR) is 89.3 cm³/mol. The third kappa shape index (κ3) is 4.74. The second-order valence-corrected chi connectivity index (χ2v) is 5.26. The predicted octanol–water partition coefficient (Wildman–Crippen LogP) is 2.30. The van der Waals surface area contributed by atoms with Crippen LogP contribution < -0.4 is 5.32 Å². The minimum atomic E-state index is -0.451. The van der Waals surface area contributed by atoms with Crippen LogP contribution in [0.5, 0.6) is 0 Å². The van der Waals surface area contributed by atoms with Crippen LogP contribution >= 0.6 is 0 Å². The van der Waals surface area contributed by atoms with Crippen LogP contribution in [-0.2, 0) is 16.0 Å². The van der Waals surface area contributed by atoms with Gasteiger partial charge in [0, 0.05) is 43.7 Å². The third-order valence-electron chi connectivity index (χ3n) is 3.70. The molecule has 0 aliphatic heterocycles. The van der Waals surface area contributed by atoms with E-state index in [0.717, 1.165) is 11.9 Å². The van der Waals surface area contributed by atoms with Crippen LogP contribution in [0.15, 0.2) is 30.5 Å². The second kappa shape index (κ2) is 8.22. The summed E-state index contributed by atoms with van der Waals surface area (Å²) in [5, 5.41) is 3.81. The molecule has 2 rings (SSSR count). The van der Waals surface area contributed by atoms with E-state index in [0.29, 0.717) is 26.2 Å². The fourth-order valence-corrected chi connectivity index (χ4v) is 2.50.